The summed E-state index contributed by atoms with van der Waals surface area (Å²) in [5.74, 6) is -1.98. The largest absolute Gasteiger partial charge is 0.293 e. The molecule has 0 bridgehead atoms. The van der Waals surface area contributed by atoms with E-state index >= 15 is 0 Å². The van der Waals surface area contributed by atoms with Gasteiger partial charge in [0.25, 0.3) is 0 Å². The monoisotopic (exact) mass is 202 g/mol. The molecule has 0 N–H and O–H groups in total. The average molecular weight is 202 g/mol. The van der Waals surface area contributed by atoms with E-state index in [1.54, 1.807) is 0 Å². The minimum atomic E-state index is -0.842. The lowest BCUT2D eigenvalue weighted by atomic mass is 10.1. The molecule has 0 saturated carbocycles. The van der Waals surface area contributed by atoms with Gasteiger partial charge in [0.15, 0.2) is 5.78 Å². The highest BCUT2D eigenvalue weighted by Crippen LogP contribution is 2.13. The molecule has 70 valence electrons. The highest BCUT2D eigenvalue weighted by atomic mass is 32.1. The number of Topliss-reactive ketones (excluding diaryl/α,β-unsaturated/α-hetero) is 1. The van der Waals surface area contributed by atoms with Gasteiger partial charge in [0, 0.05) is 6.07 Å². The van der Waals surface area contributed by atoms with E-state index < -0.39 is 22.7 Å². The van der Waals surface area contributed by atoms with E-state index in [0.717, 1.165) is 12.1 Å². The number of rotatable bonds is 2. The summed E-state index contributed by atoms with van der Waals surface area (Å²) < 4.78 is 25.4. The number of carbonyl (C=O) groups excluding carboxylic acids is 1. The second-order valence-electron chi connectivity index (χ2n) is 2.66. The molecule has 1 aromatic rings. The second-order valence-corrected chi connectivity index (χ2v) is 3.44. The number of hydrogen-bond acceptors (Lipinski definition) is 2. The molecule has 0 aromatic heterocycles. The maximum atomic E-state index is 13.0. The maximum Gasteiger partial charge on any atom is 0.178 e. The Bertz CT molecular complexity index is 336. The van der Waals surface area contributed by atoms with Gasteiger partial charge in [-0.15, -0.1) is 0 Å². The van der Waals surface area contributed by atoms with Crippen molar-refractivity contribution in [3.8, 4) is 0 Å². The lowest BCUT2D eigenvalue weighted by molar-refractivity contribution is 0.0990. The Kier molecular flexibility index (Phi) is 3.03. The molecule has 4 heteroatoms. The Morgan fingerprint density at radius 3 is 2.54 bits per heavy atom. The van der Waals surface area contributed by atoms with E-state index in [-0.39, 0.29) is 5.56 Å². The van der Waals surface area contributed by atoms with Gasteiger partial charge >= 0.3 is 0 Å². The highest BCUT2D eigenvalue weighted by Gasteiger charge is 2.15. The molecule has 0 saturated heterocycles. The normalized spacial score (nSPS) is 12.6. The van der Waals surface area contributed by atoms with Crippen LogP contribution in [0.4, 0.5) is 8.78 Å². The van der Waals surface area contributed by atoms with Crippen LogP contribution < -0.4 is 0 Å². The molecule has 0 amide bonds. The molecule has 1 unspecified atom stereocenters. The van der Waals surface area contributed by atoms with Gasteiger partial charge in [0.2, 0.25) is 0 Å². The minimum Gasteiger partial charge on any atom is -0.293 e. The van der Waals surface area contributed by atoms with Gasteiger partial charge in [-0.1, -0.05) is 0 Å². The standard InChI is InChI=1S/C9H8F2OS/c1-5(13)9(12)7-3-2-6(10)4-8(7)11/h2-5,13H,1H3. The van der Waals surface area contributed by atoms with Crippen LogP contribution in [-0.2, 0) is 0 Å². The van der Waals surface area contributed by atoms with Crippen LogP contribution in [0.3, 0.4) is 0 Å². The van der Waals surface area contributed by atoms with E-state index in [1.807, 2.05) is 0 Å². The summed E-state index contributed by atoms with van der Waals surface area (Å²) in [4.78, 5) is 11.2. The van der Waals surface area contributed by atoms with Crippen molar-refractivity contribution in [1.29, 1.82) is 0 Å². The first-order valence-electron chi connectivity index (χ1n) is 3.69. The first-order chi connectivity index (χ1) is 6.02. The van der Waals surface area contributed by atoms with Crippen molar-refractivity contribution in [3.63, 3.8) is 0 Å². The maximum absolute atomic E-state index is 13.0. The molecule has 13 heavy (non-hydrogen) atoms. The third kappa shape index (κ3) is 2.28. The Balaban J connectivity index is 3.09. The van der Waals surface area contributed by atoms with Crippen molar-refractivity contribution >= 4 is 18.4 Å². The average Bonchev–Trinajstić information content (AvgIpc) is 2.03. The Morgan fingerprint density at radius 1 is 1.46 bits per heavy atom. The fraction of sp³-hybridized carbons (Fsp3) is 0.222. The topological polar surface area (TPSA) is 17.1 Å². The van der Waals surface area contributed by atoms with Gasteiger partial charge in [-0.25, -0.2) is 8.78 Å². The Labute approximate surface area is 80.2 Å². The summed E-state index contributed by atoms with van der Waals surface area (Å²) in [6, 6.07) is 2.86. The molecule has 0 aliphatic carbocycles. The van der Waals surface area contributed by atoms with Crippen molar-refractivity contribution in [3.05, 3.63) is 35.4 Å². The molecule has 0 aliphatic rings. The Hall–Kier alpha value is -0.900. The smallest absolute Gasteiger partial charge is 0.178 e. The molecule has 0 aliphatic heterocycles. The third-order valence-electron chi connectivity index (χ3n) is 1.58. The predicted octanol–water partition coefficient (Wildman–Crippen LogP) is 2.47. The van der Waals surface area contributed by atoms with Crippen LogP contribution in [0.2, 0.25) is 0 Å². The molecular weight excluding hydrogens is 194 g/mol. The summed E-state index contributed by atoms with van der Waals surface area (Å²) in [6.45, 7) is 1.54. The molecule has 0 radical (unpaired) electrons. The quantitative estimate of drug-likeness (QED) is 0.576. The molecule has 1 atom stereocenters. The van der Waals surface area contributed by atoms with Crippen LogP contribution in [0, 0.1) is 11.6 Å². The van der Waals surface area contributed by atoms with Crippen LogP contribution >= 0.6 is 12.6 Å². The van der Waals surface area contributed by atoms with Crippen molar-refractivity contribution in [2.75, 3.05) is 0 Å². The van der Waals surface area contributed by atoms with E-state index in [2.05, 4.69) is 12.6 Å². The Morgan fingerprint density at radius 2 is 2.08 bits per heavy atom. The zero-order valence-electron chi connectivity index (χ0n) is 6.92. The predicted molar refractivity (Wildman–Crippen MR) is 49.1 cm³/mol. The first-order valence-corrected chi connectivity index (χ1v) is 4.21. The number of thiol groups is 1. The van der Waals surface area contributed by atoms with E-state index in [0.29, 0.717) is 6.07 Å². The fourth-order valence-electron chi connectivity index (χ4n) is 0.914. The van der Waals surface area contributed by atoms with Crippen LogP contribution in [0.25, 0.3) is 0 Å². The van der Waals surface area contributed by atoms with Crippen LogP contribution in [0.5, 0.6) is 0 Å². The molecule has 0 spiro atoms. The SMILES string of the molecule is CC(S)C(=O)c1ccc(F)cc1F. The lowest BCUT2D eigenvalue weighted by Gasteiger charge is -2.04. The van der Waals surface area contributed by atoms with Gasteiger partial charge in [-0.3, -0.25) is 4.79 Å². The zero-order valence-corrected chi connectivity index (χ0v) is 7.82. The molecule has 1 aromatic carbocycles. The van der Waals surface area contributed by atoms with Crippen molar-refractivity contribution < 1.29 is 13.6 Å². The molecule has 0 fully saturated rings. The van der Waals surface area contributed by atoms with Gasteiger partial charge < -0.3 is 0 Å². The van der Waals surface area contributed by atoms with Crippen molar-refractivity contribution in [1.82, 2.24) is 0 Å². The van der Waals surface area contributed by atoms with Gasteiger partial charge in [0.05, 0.1) is 10.8 Å². The minimum absolute atomic E-state index is 0.121. The third-order valence-corrected chi connectivity index (χ3v) is 1.81. The van der Waals surface area contributed by atoms with E-state index in [9.17, 15) is 13.6 Å². The van der Waals surface area contributed by atoms with Gasteiger partial charge in [0.1, 0.15) is 11.6 Å². The van der Waals surface area contributed by atoms with E-state index in [1.165, 1.54) is 6.92 Å². The first kappa shape index (κ1) is 10.2. The number of carbonyl (C=O) groups is 1. The summed E-state index contributed by atoms with van der Waals surface area (Å²) in [6.07, 6.45) is 0. The highest BCUT2D eigenvalue weighted by molar-refractivity contribution is 7.81. The summed E-state index contributed by atoms with van der Waals surface area (Å²) in [5, 5.41) is -0.583. The molecule has 1 nitrogen and oxygen atoms in total. The van der Waals surface area contributed by atoms with Gasteiger partial charge in [-0.05, 0) is 19.1 Å². The van der Waals surface area contributed by atoms with Crippen LogP contribution in [0.15, 0.2) is 18.2 Å². The van der Waals surface area contributed by atoms with Crippen LogP contribution in [0.1, 0.15) is 17.3 Å². The molecular formula is C9H8F2OS. The lowest BCUT2D eigenvalue weighted by Crippen LogP contribution is -2.12. The summed E-state index contributed by atoms with van der Waals surface area (Å²) >= 11 is 3.87. The number of ketones is 1. The van der Waals surface area contributed by atoms with Crippen LogP contribution in [-0.4, -0.2) is 11.0 Å². The zero-order chi connectivity index (χ0) is 10.0. The second kappa shape index (κ2) is 3.87. The van der Waals surface area contributed by atoms with Crippen molar-refractivity contribution in [2.24, 2.45) is 0 Å². The molecule has 0 heterocycles. The summed E-state index contributed by atoms with van der Waals surface area (Å²) in [5.41, 5.74) is -0.121. The number of halogens is 2. The van der Waals surface area contributed by atoms with E-state index in [4.69, 9.17) is 0 Å². The summed E-state index contributed by atoms with van der Waals surface area (Å²) in [7, 11) is 0. The number of benzene rings is 1. The van der Waals surface area contributed by atoms with Crippen molar-refractivity contribution in [2.45, 2.75) is 12.2 Å². The number of hydrogen-bond donors (Lipinski definition) is 1. The van der Waals surface area contributed by atoms with Gasteiger partial charge in [-0.2, -0.15) is 12.6 Å². The fourth-order valence-corrected chi connectivity index (χ4v) is 1.05. The molecule has 1 rings (SSSR count).